The average Bonchev–Trinajstić information content (AvgIpc) is 3.36. The Balaban J connectivity index is 1.64. The van der Waals surface area contributed by atoms with Crippen molar-refractivity contribution < 1.29 is 29.0 Å². The maximum absolute atomic E-state index is 13.7. The van der Waals surface area contributed by atoms with Crippen LogP contribution in [0.4, 0.5) is 0 Å². The number of carbonyl (C=O) groups excluding carboxylic acids is 3. The molecule has 8 nitrogen and oxygen atoms in total. The zero-order valence-electron chi connectivity index (χ0n) is 18.0. The number of hydrogen-bond donors (Lipinski definition) is 1. The second-order valence-corrected chi connectivity index (χ2v) is 7.97. The molecule has 168 valence electrons. The van der Waals surface area contributed by atoms with Gasteiger partial charge in [-0.25, -0.2) is 0 Å². The quantitative estimate of drug-likeness (QED) is 0.632. The SMILES string of the molecule is CCN(CCO)C(=O)C[C@]1(c2ccccc2)CC(=O)N(Cc2ccc3c(c2)OCO3)C1=O. The summed E-state index contributed by atoms with van der Waals surface area (Å²) in [6.07, 6.45) is -0.212. The van der Waals surface area contributed by atoms with Gasteiger partial charge in [0.2, 0.25) is 24.5 Å². The smallest absolute Gasteiger partial charge is 0.241 e. The van der Waals surface area contributed by atoms with Crippen LogP contribution < -0.4 is 9.47 Å². The van der Waals surface area contributed by atoms with E-state index in [1.165, 1.54) is 9.80 Å². The molecule has 0 unspecified atom stereocenters. The third-order valence-corrected chi connectivity index (χ3v) is 6.07. The van der Waals surface area contributed by atoms with Crippen LogP contribution in [0.2, 0.25) is 0 Å². The molecule has 0 bridgehead atoms. The monoisotopic (exact) mass is 438 g/mol. The number of amides is 3. The van der Waals surface area contributed by atoms with E-state index in [1.807, 2.05) is 13.0 Å². The van der Waals surface area contributed by atoms with Crippen LogP contribution in [0.15, 0.2) is 48.5 Å². The Labute approximate surface area is 186 Å². The normalized spacial score (nSPS) is 19.5. The highest BCUT2D eigenvalue weighted by atomic mass is 16.7. The standard InChI is InChI=1S/C24H26N2O6/c1-2-25(10-11-27)21(28)13-24(18-6-4-3-5-7-18)14-22(29)26(23(24)30)15-17-8-9-19-20(12-17)32-16-31-19/h3-9,12,27H,2,10-11,13-16H2,1H3/t24-/m1/s1. The van der Waals surface area contributed by atoms with Crippen LogP contribution in [-0.4, -0.2) is 59.1 Å². The highest BCUT2D eigenvalue weighted by molar-refractivity contribution is 6.10. The first kappa shape index (κ1) is 21.8. The number of fused-ring (bicyclic) bond motifs is 1. The Morgan fingerprint density at radius 1 is 1.12 bits per heavy atom. The first-order chi connectivity index (χ1) is 15.5. The van der Waals surface area contributed by atoms with E-state index in [0.29, 0.717) is 23.6 Å². The molecule has 4 rings (SSSR count). The Hall–Kier alpha value is -3.39. The summed E-state index contributed by atoms with van der Waals surface area (Å²) < 4.78 is 10.7. The van der Waals surface area contributed by atoms with Gasteiger partial charge >= 0.3 is 0 Å². The van der Waals surface area contributed by atoms with Crippen molar-refractivity contribution in [2.45, 2.75) is 31.7 Å². The van der Waals surface area contributed by atoms with E-state index < -0.39 is 5.41 Å². The van der Waals surface area contributed by atoms with Crippen LogP contribution >= 0.6 is 0 Å². The number of nitrogens with zero attached hydrogens (tertiary/aromatic N) is 2. The highest BCUT2D eigenvalue weighted by Crippen LogP contribution is 2.41. The Morgan fingerprint density at radius 3 is 2.59 bits per heavy atom. The van der Waals surface area contributed by atoms with E-state index in [9.17, 15) is 19.5 Å². The fourth-order valence-corrected chi connectivity index (χ4v) is 4.36. The van der Waals surface area contributed by atoms with E-state index in [-0.39, 0.29) is 57.1 Å². The molecule has 1 N–H and O–H groups in total. The van der Waals surface area contributed by atoms with E-state index in [0.717, 1.165) is 5.56 Å². The number of ether oxygens (including phenoxy) is 2. The fourth-order valence-electron chi connectivity index (χ4n) is 4.36. The van der Waals surface area contributed by atoms with Crippen LogP contribution in [0.5, 0.6) is 11.5 Å². The molecule has 2 aliphatic heterocycles. The molecule has 2 aromatic rings. The Morgan fingerprint density at radius 2 is 1.88 bits per heavy atom. The van der Waals surface area contributed by atoms with Crippen LogP contribution in [0.1, 0.15) is 30.9 Å². The first-order valence-corrected chi connectivity index (χ1v) is 10.7. The van der Waals surface area contributed by atoms with Gasteiger partial charge in [0.1, 0.15) is 0 Å². The van der Waals surface area contributed by atoms with Gasteiger partial charge in [0.05, 0.1) is 18.6 Å². The predicted octanol–water partition coefficient (Wildman–Crippen LogP) is 1.84. The minimum Gasteiger partial charge on any atom is -0.454 e. The van der Waals surface area contributed by atoms with Gasteiger partial charge in [0, 0.05) is 25.9 Å². The maximum Gasteiger partial charge on any atom is 0.241 e. The number of carbonyl (C=O) groups is 3. The van der Waals surface area contributed by atoms with Gasteiger partial charge in [-0.2, -0.15) is 0 Å². The third-order valence-electron chi connectivity index (χ3n) is 6.07. The topological polar surface area (TPSA) is 96.4 Å². The predicted molar refractivity (Wildman–Crippen MR) is 115 cm³/mol. The number of aliphatic hydroxyl groups excluding tert-OH is 1. The van der Waals surface area contributed by atoms with Gasteiger partial charge in [-0.1, -0.05) is 36.4 Å². The van der Waals surface area contributed by atoms with Crippen molar-refractivity contribution in [1.29, 1.82) is 0 Å². The molecule has 2 heterocycles. The summed E-state index contributed by atoms with van der Waals surface area (Å²) in [5, 5.41) is 9.28. The molecule has 32 heavy (non-hydrogen) atoms. The lowest BCUT2D eigenvalue weighted by molar-refractivity contribution is -0.143. The first-order valence-electron chi connectivity index (χ1n) is 10.7. The molecular weight excluding hydrogens is 412 g/mol. The molecule has 1 fully saturated rings. The van der Waals surface area contributed by atoms with Crippen molar-refractivity contribution in [3.05, 3.63) is 59.7 Å². The summed E-state index contributed by atoms with van der Waals surface area (Å²) in [5.41, 5.74) is 0.107. The molecule has 0 spiro atoms. The molecule has 1 saturated heterocycles. The van der Waals surface area contributed by atoms with Gasteiger partial charge in [0.25, 0.3) is 0 Å². The summed E-state index contributed by atoms with van der Waals surface area (Å²) in [5.74, 6) is 0.222. The van der Waals surface area contributed by atoms with Gasteiger partial charge in [0.15, 0.2) is 11.5 Å². The molecule has 1 atom stereocenters. The zero-order valence-corrected chi connectivity index (χ0v) is 18.0. The number of imide groups is 1. The largest absolute Gasteiger partial charge is 0.454 e. The number of likely N-dealkylation sites (tertiary alicyclic amines) is 1. The number of aliphatic hydroxyl groups is 1. The molecule has 0 radical (unpaired) electrons. The number of hydrogen-bond acceptors (Lipinski definition) is 6. The summed E-state index contributed by atoms with van der Waals surface area (Å²) >= 11 is 0. The summed E-state index contributed by atoms with van der Waals surface area (Å²) in [4.78, 5) is 42.5. The van der Waals surface area contributed by atoms with Crippen LogP contribution in [-0.2, 0) is 26.3 Å². The second kappa shape index (κ2) is 9.00. The molecule has 0 aromatic heterocycles. The van der Waals surface area contributed by atoms with E-state index in [2.05, 4.69) is 0 Å². The van der Waals surface area contributed by atoms with Crippen molar-refractivity contribution in [3.63, 3.8) is 0 Å². The average molecular weight is 438 g/mol. The minimum absolute atomic E-state index is 0.0805. The Kier molecular flexibility index (Phi) is 6.14. The van der Waals surface area contributed by atoms with Crippen LogP contribution in [0, 0.1) is 0 Å². The lowest BCUT2D eigenvalue weighted by Gasteiger charge is -2.30. The van der Waals surface area contributed by atoms with Gasteiger partial charge in [-0.3, -0.25) is 19.3 Å². The number of likely N-dealkylation sites (N-methyl/N-ethyl adjacent to an activating group) is 1. The third kappa shape index (κ3) is 3.93. The molecule has 3 amide bonds. The van der Waals surface area contributed by atoms with Gasteiger partial charge in [-0.15, -0.1) is 0 Å². The lowest BCUT2D eigenvalue weighted by Crippen LogP contribution is -2.44. The molecular formula is C24H26N2O6. The highest BCUT2D eigenvalue weighted by Gasteiger charge is 2.54. The molecule has 8 heteroatoms. The van der Waals surface area contributed by atoms with Crippen LogP contribution in [0.3, 0.4) is 0 Å². The minimum atomic E-state index is -1.27. The van der Waals surface area contributed by atoms with Crippen molar-refractivity contribution >= 4 is 17.7 Å². The molecule has 2 aliphatic rings. The zero-order chi connectivity index (χ0) is 22.7. The number of benzene rings is 2. The maximum atomic E-state index is 13.7. The van der Waals surface area contributed by atoms with Crippen molar-refractivity contribution in [2.24, 2.45) is 0 Å². The van der Waals surface area contributed by atoms with Crippen molar-refractivity contribution in [3.8, 4) is 11.5 Å². The summed E-state index contributed by atoms with van der Waals surface area (Å²) in [7, 11) is 0. The molecule has 0 saturated carbocycles. The number of rotatable bonds is 8. The Bertz CT molecular complexity index is 1020. The van der Waals surface area contributed by atoms with E-state index >= 15 is 0 Å². The van der Waals surface area contributed by atoms with Gasteiger partial charge in [-0.05, 0) is 30.2 Å². The second-order valence-electron chi connectivity index (χ2n) is 7.97. The van der Waals surface area contributed by atoms with E-state index in [1.54, 1.807) is 42.5 Å². The van der Waals surface area contributed by atoms with E-state index in [4.69, 9.17) is 9.47 Å². The fraction of sp³-hybridized carbons (Fsp3) is 0.375. The summed E-state index contributed by atoms with van der Waals surface area (Å²) in [6, 6.07) is 14.3. The van der Waals surface area contributed by atoms with Gasteiger partial charge < -0.3 is 19.5 Å². The van der Waals surface area contributed by atoms with Crippen LogP contribution in [0.25, 0.3) is 0 Å². The van der Waals surface area contributed by atoms with Crippen molar-refractivity contribution in [2.75, 3.05) is 26.5 Å². The van der Waals surface area contributed by atoms with Crippen molar-refractivity contribution in [1.82, 2.24) is 9.80 Å². The summed E-state index contributed by atoms with van der Waals surface area (Å²) in [6.45, 7) is 2.47. The lowest BCUT2D eigenvalue weighted by atomic mass is 9.75. The molecule has 0 aliphatic carbocycles. The molecule has 2 aromatic carbocycles.